The van der Waals surface area contributed by atoms with E-state index < -0.39 is 41.7 Å². The topological polar surface area (TPSA) is 137 Å². The molecule has 2 amide bonds. The third-order valence-electron chi connectivity index (χ3n) is 4.15. The molecule has 0 saturated heterocycles. The van der Waals surface area contributed by atoms with Gasteiger partial charge >= 0.3 is 17.9 Å². The van der Waals surface area contributed by atoms with Gasteiger partial charge in [0.05, 0.1) is 21.3 Å². The van der Waals surface area contributed by atoms with Gasteiger partial charge in [-0.15, -0.1) is 0 Å². The minimum atomic E-state index is -1.46. The van der Waals surface area contributed by atoms with E-state index in [2.05, 4.69) is 20.1 Å². The first kappa shape index (κ1) is 23.6. The molecule has 10 nitrogen and oxygen atoms in total. The van der Waals surface area contributed by atoms with Crippen LogP contribution in [0.1, 0.15) is 24.2 Å². The van der Waals surface area contributed by atoms with Gasteiger partial charge in [0, 0.05) is 24.1 Å². The summed E-state index contributed by atoms with van der Waals surface area (Å²) in [5.41, 5.74) is 0.528. The van der Waals surface area contributed by atoms with E-state index in [1.165, 1.54) is 26.0 Å². The number of methoxy groups -OCH3 is 3. The van der Waals surface area contributed by atoms with Crippen molar-refractivity contribution in [3.8, 4) is 0 Å². The van der Waals surface area contributed by atoms with Crippen LogP contribution in [-0.2, 0) is 33.4 Å². The van der Waals surface area contributed by atoms with E-state index in [1.54, 1.807) is 12.1 Å². The van der Waals surface area contributed by atoms with Crippen molar-refractivity contribution < 1.29 is 38.2 Å². The van der Waals surface area contributed by atoms with Crippen molar-refractivity contribution in [1.29, 1.82) is 0 Å². The Hall–Kier alpha value is -3.43. The zero-order valence-corrected chi connectivity index (χ0v) is 16.8. The predicted molar refractivity (Wildman–Crippen MR) is 101 cm³/mol. The molecule has 29 heavy (non-hydrogen) atoms. The first-order valence-electron chi connectivity index (χ1n) is 8.58. The Kier molecular flexibility index (Phi) is 8.78. The molecule has 2 atom stereocenters. The van der Waals surface area contributed by atoms with Crippen LogP contribution in [0.5, 0.6) is 0 Å². The molecule has 1 rings (SSSR count). The molecule has 0 heterocycles. The van der Waals surface area contributed by atoms with Gasteiger partial charge in [-0.2, -0.15) is 0 Å². The third-order valence-corrected chi connectivity index (χ3v) is 4.15. The second kappa shape index (κ2) is 10.8. The van der Waals surface area contributed by atoms with Gasteiger partial charge in [-0.25, -0.2) is 4.79 Å². The number of hydrogen-bond acceptors (Lipinski definition) is 8. The molecule has 2 N–H and O–H groups in total. The molecule has 0 radical (unpaired) electrons. The van der Waals surface area contributed by atoms with Gasteiger partial charge in [0.15, 0.2) is 5.92 Å². The van der Waals surface area contributed by atoms with E-state index in [0.717, 1.165) is 21.3 Å². The van der Waals surface area contributed by atoms with Crippen molar-refractivity contribution in [3.05, 3.63) is 29.8 Å². The zero-order valence-electron chi connectivity index (χ0n) is 16.8. The summed E-state index contributed by atoms with van der Waals surface area (Å²) in [7, 11) is 3.28. The molecule has 0 spiro atoms. The van der Waals surface area contributed by atoms with Crippen LogP contribution in [0.4, 0.5) is 5.69 Å². The van der Waals surface area contributed by atoms with Crippen molar-refractivity contribution in [2.75, 3.05) is 26.6 Å². The maximum absolute atomic E-state index is 12.7. The smallest absolute Gasteiger partial charge is 0.328 e. The standard InChI is InChI=1S/C19H24N2O8/c1-10(14(17(24)27-3)18(25)28-4)15(19(26)29-5)21-16(23)12-7-6-8-13(9-12)20-11(2)22/h6-10,14-15H,1-5H3,(H,20,22)(H,21,23)/t10-,15+/m1/s1. The van der Waals surface area contributed by atoms with Crippen LogP contribution < -0.4 is 10.6 Å². The van der Waals surface area contributed by atoms with Crippen molar-refractivity contribution in [2.24, 2.45) is 11.8 Å². The SMILES string of the molecule is COC(=O)C(C(=O)OC)[C@@H](C)[C@H](NC(=O)c1cccc(NC(C)=O)c1)C(=O)OC. The first-order valence-corrected chi connectivity index (χ1v) is 8.58. The molecule has 0 aliphatic rings. The van der Waals surface area contributed by atoms with Gasteiger partial charge in [0.1, 0.15) is 6.04 Å². The molecule has 0 bridgehead atoms. The van der Waals surface area contributed by atoms with Gasteiger partial charge in [0.25, 0.3) is 5.91 Å². The van der Waals surface area contributed by atoms with Crippen molar-refractivity contribution in [1.82, 2.24) is 5.32 Å². The Morgan fingerprint density at radius 2 is 1.45 bits per heavy atom. The maximum Gasteiger partial charge on any atom is 0.328 e. The molecule has 0 aliphatic carbocycles. The molecule has 0 unspecified atom stereocenters. The maximum atomic E-state index is 12.7. The Balaban J connectivity index is 3.17. The Bertz CT molecular complexity index is 776. The summed E-state index contributed by atoms with van der Waals surface area (Å²) < 4.78 is 13.9. The van der Waals surface area contributed by atoms with E-state index in [1.807, 2.05) is 0 Å². The van der Waals surface area contributed by atoms with Gasteiger partial charge in [0.2, 0.25) is 5.91 Å². The first-order chi connectivity index (χ1) is 13.7. The van der Waals surface area contributed by atoms with Crippen LogP contribution in [0, 0.1) is 11.8 Å². The molecule has 0 aliphatic heterocycles. The molecule has 1 aromatic rings. The highest BCUT2D eigenvalue weighted by Gasteiger charge is 2.42. The summed E-state index contributed by atoms with van der Waals surface area (Å²) in [6, 6.07) is 4.66. The zero-order chi connectivity index (χ0) is 22.1. The van der Waals surface area contributed by atoms with E-state index >= 15 is 0 Å². The number of hydrogen-bond donors (Lipinski definition) is 2. The summed E-state index contributed by atoms with van der Waals surface area (Å²) in [5.74, 6) is -6.18. The average Bonchev–Trinajstić information content (AvgIpc) is 2.70. The highest BCUT2D eigenvalue weighted by atomic mass is 16.5. The number of ether oxygens (including phenoxy) is 3. The second-order valence-electron chi connectivity index (χ2n) is 6.12. The van der Waals surface area contributed by atoms with E-state index in [4.69, 9.17) is 4.74 Å². The van der Waals surface area contributed by atoms with E-state index in [-0.39, 0.29) is 11.5 Å². The van der Waals surface area contributed by atoms with Crippen LogP contribution in [-0.4, -0.2) is 57.1 Å². The number of nitrogens with one attached hydrogen (secondary N) is 2. The minimum Gasteiger partial charge on any atom is -0.468 e. The molecule has 1 aromatic carbocycles. The number of carbonyl (C=O) groups excluding carboxylic acids is 5. The van der Waals surface area contributed by atoms with Crippen LogP contribution in [0.25, 0.3) is 0 Å². The molecule has 158 valence electrons. The monoisotopic (exact) mass is 408 g/mol. The average molecular weight is 408 g/mol. The van der Waals surface area contributed by atoms with E-state index in [9.17, 15) is 24.0 Å². The minimum absolute atomic E-state index is 0.144. The summed E-state index contributed by atoms with van der Waals surface area (Å²) in [6.07, 6.45) is 0. The fourth-order valence-electron chi connectivity index (χ4n) is 2.67. The van der Waals surface area contributed by atoms with Crippen molar-refractivity contribution in [2.45, 2.75) is 19.9 Å². The fourth-order valence-corrected chi connectivity index (χ4v) is 2.67. The summed E-state index contributed by atoms with van der Waals surface area (Å²) in [4.78, 5) is 60.2. The third kappa shape index (κ3) is 6.30. The lowest BCUT2D eigenvalue weighted by atomic mass is 9.87. The van der Waals surface area contributed by atoms with Gasteiger partial charge < -0.3 is 24.8 Å². The lowest BCUT2D eigenvalue weighted by Crippen LogP contribution is -2.51. The normalized spacial score (nSPS) is 12.3. The quantitative estimate of drug-likeness (QED) is 0.361. The van der Waals surface area contributed by atoms with Crippen molar-refractivity contribution in [3.63, 3.8) is 0 Å². The lowest BCUT2D eigenvalue weighted by molar-refractivity contribution is -0.163. The number of rotatable bonds is 8. The second-order valence-corrected chi connectivity index (χ2v) is 6.12. The summed E-state index contributed by atoms with van der Waals surface area (Å²) in [5, 5.41) is 5.00. The van der Waals surface area contributed by atoms with Crippen LogP contribution in [0.15, 0.2) is 24.3 Å². The summed E-state index contributed by atoms with van der Waals surface area (Å²) in [6.45, 7) is 2.73. The Morgan fingerprint density at radius 3 is 1.93 bits per heavy atom. The number of esters is 3. The molecule has 0 aromatic heterocycles. The number of amides is 2. The van der Waals surface area contributed by atoms with Crippen molar-refractivity contribution >= 4 is 35.4 Å². The molecule has 0 saturated carbocycles. The number of benzene rings is 1. The molecule has 0 fully saturated rings. The predicted octanol–water partition coefficient (Wildman–Crippen LogP) is 0.515. The molecular weight excluding hydrogens is 384 g/mol. The van der Waals surface area contributed by atoms with Gasteiger partial charge in [-0.3, -0.25) is 19.2 Å². The van der Waals surface area contributed by atoms with Gasteiger partial charge in [-0.1, -0.05) is 13.0 Å². The largest absolute Gasteiger partial charge is 0.468 e. The van der Waals surface area contributed by atoms with Gasteiger partial charge in [-0.05, 0) is 18.2 Å². The van der Waals surface area contributed by atoms with Crippen LogP contribution in [0.2, 0.25) is 0 Å². The molecular formula is C19H24N2O8. The van der Waals surface area contributed by atoms with Crippen LogP contribution >= 0.6 is 0 Å². The Morgan fingerprint density at radius 1 is 0.897 bits per heavy atom. The van der Waals surface area contributed by atoms with E-state index in [0.29, 0.717) is 5.69 Å². The molecule has 10 heteroatoms. The highest BCUT2D eigenvalue weighted by molar-refractivity contribution is 6.00. The summed E-state index contributed by atoms with van der Waals surface area (Å²) >= 11 is 0. The number of carbonyl (C=O) groups is 5. The van der Waals surface area contributed by atoms with Crippen LogP contribution in [0.3, 0.4) is 0 Å². The fraction of sp³-hybridized carbons (Fsp3) is 0.421. The Labute approximate surface area is 167 Å². The number of anilines is 1. The highest BCUT2D eigenvalue weighted by Crippen LogP contribution is 2.21. The lowest BCUT2D eigenvalue weighted by Gasteiger charge is -2.27.